The Labute approximate surface area is 115 Å². The summed E-state index contributed by atoms with van der Waals surface area (Å²) in [6.07, 6.45) is 1.15. The number of ether oxygens (including phenoxy) is 1. The maximum Gasteiger partial charge on any atom is 0.0587 e. The summed E-state index contributed by atoms with van der Waals surface area (Å²) in [5.41, 5.74) is 1.30. The fourth-order valence-corrected chi connectivity index (χ4v) is 1.88. The van der Waals surface area contributed by atoms with Crippen molar-refractivity contribution in [3.05, 3.63) is 34.9 Å². The summed E-state index contributed by atoms with van der Waals surface area (Å²) in [4.78, 5) is 2.32. The Bertz CT molecular complexity index is 316. The molecule has 0 aliphatic carbocycles. The Morgan fingerprint density at radius 1 is 1.22 bits per heavy atom. The van der Waals surface area contributed by atoms with Crippen molar-refractivity contribution in [3.63, 3.8) is 0 Å². The van der Waals surface area contributed by atoms with Crippen LogP contribution in [0.1, 0.15) is 12.0 Å². The maximum atomic E-state index is 5.86. The first-order valence-corrected chi connectivity index (χ1v) is 6.73. The van der Waals surface area contributed by atoms with Crippen molar-refractivity contribution in [2.24, 2.45) is 0 Å². The highest BCUT2D eigenvalue weighted by atomic mass is 35.5. The molecule has 0 unspecified atom stereocenters. The van der Waals surface area contributed by atoms with Gasteiger partial charge in [-0.3, -0.25) is 0 Å². The summed E-state index contributed by atoms with van der Waals surface area (Å²) in [7, 11) is 3.87. The molecule has 4 heteroatoms. The zero-order chi connectivity index (χ0) is 13.2. The molecule has 0 aliphatic heterocycles. The van der Waals surface area contributed by atoms with E-state index < -0.39 is 0 Å². The van der Waals surface area contributed by atoms with Gasteiger partial charge in [-0.15, -0.1) is 0 Å². The molecule has 0 radical (unpaired) electrons. The SMILES string of the molecule is COCCNCCCN(C)Cc1ccc(Cl)cc1. The van der Waals surface area contributed by atoms with Crippen molar-refractivity contribution < 1.29 is 4.74 Å². The van der Waals surface area contributed by atoms with Crippen LogP contribution in [0, 0.1) is 0 Å². The van der Waals surface area contributed by atoms with Crippen LogP contribution in [0.2, 0.25) is 5.02 Å². The minimum atomic E-state index is 0.778. The smallest absolute Gasteiger partial charge is 0.0587 e. The van der Waals surface area contributed by atoms with E-state index >= 15 is 0 Å². The van der Waals surface area contributed by atoms with Gasteiger partial charge in [0.05, 0.1) is 6.61 Å². The highest BCUT2D eigenvalue weighted by Gasteiger charge is 2.00. The van der Waals surface area contributed by atoms with Crippen molar-refractivity contribution >= 4 is 11.6 Å². The maximum absolute atomic E-state index is 5.86. The quantitative estimate of drug-likeness (QED) is 0.698. The van der Waals surface area contributed by atoms with Crippen molar-refractivity contribution in [2.45, 2.75) is 13.0 Å². The average Bonchev–Trinajstić information content (AvgIpc) is 2.36. The largest absolute Gasteiger partial charge is 0.383 e. The van der Waals surface area contributed by atoms with Gasteiger partial charge in [0.25, 0.3) is 0 Å². The van der Waals surface area contributed by atoms with Gasteiger partial charge in [0.1, 0.15) is 0 Å². The van der Waals surface area contributed by atoms with Gasteiger partial charge < -0.3 is 15.0 Å². The second-order valence-electron chi connectivity index (χ2n) is 4.46. The molecule has 3 nitrogen and oxygen atoms in total. The second kappa shape index (κ2) is 9.34. The van der Waals surface area contributed by atoms with E-state index in [-0.39, 0.29) is 0 Å². The number of halogens is 1. The average molecular weight is 271 g/mol. The summed E-state index contributed by atoms with van der Waals surface area (Å²) in [6.45, 7) is 4.80. The van der Waals surface area contributed by atoms with E-state index in [0.717, 1.165) is 44.2 Å². The second-order valence-corrected chi connectivity index (χ2v) is 4.90. The molecule has 1 aromatic carbocycles. The van der Waals surface area contributed by atoms with E-state index in [4.69, 9.17) is 16.3 Å². The first-order valence-electron chi connectivity index (χ1n) is 6.35. The lowest BCUT2D eigenvalue weighted by molar-refractivity contribution is 0.198. The first-order chi connectivity index (χ1) is 8.72. The van der Waals surface area contributed by atoms with Gasteiger partial charge in [0, 0.05) is 25.2 Å². The Morgan fingerprint density at radius 2 is 1.94 bits per heavy atom. The van der Waals surface area contributed by atoms with Gasteiger partial charge in [-0.25, -0.2) is 0 Å². The number of hydrogen-bond acceptors (Lipinski definition) is 3. The molecular weight excluding hydrogens is 248 g/mol. The lowest BCUT2D eigenvalue weighted by atomic mass is 10.2. The number of nitrogens with one attached hydrogen (secondary N) is 1. The minimum absolute atomic E-state index is 0.778. The van der Waals surface area contributed by atoms with Crippen molar-refractivity contribution in [3.8, 4) is 0 Å². The van der Waals surface area contributed by atoms with Crippen LogP contribution in [0.15, 0.2) is 24.3 Å². The van der Waals surface area contributed by atoms with Crippen LogP contribution < -0.4 is 5.32 Å². The van der Waals surface area contributed by atoms with Gasteiger partial charge in [-0.1, -0.05) is 23.7 Å². The van der Waals surface area contributed by atoms with Gasteiger partial charge in [0.2, 0.25) is 0 Å². The zero-order valence-corrected chi connectivity index (χ0v) is 12.0. The molecule has 0 aromatic heterocycles. The molecule has 1 aromatic rings. The van der Waals surface area contributed by atoms with Crippen LogP contribution >= 0.6 is 11.6 Å². The molecule has 0 saturated carbocycles. The van der Waals surface area contributed by atoms with Crippen LogP contribution in [-0.4, -0.2) is 45.3 Å². The summed E-state index contributed by atoms with van der Waals surface area (Å²) < 4.78 is 4.97. The monoisotopic (exact) mass is 270 g/mol. The molecule has 18 heavy (non-hydrogen) atoms. The predicted octanol–water partition coefficient (Wildman–Crippen LogP) is 2.40. The zero-order valence-electron chi connectivity index (χ0n) is 11.3. The molecule has 0 amide bonds. The van der Waals surface area contributed by atoms with Crippen LogP contribution in [-0.2, 0) is 11.3 Å². The topological polar surface area (TPSA) is 24.5 Å². The van der Waals surface area contributed by atoms with Crippen LogP contribution in [0.3, 0.4) is 0 Å². The Balaban J connectivity index is 2.10. The molecule has 1 N–H and O–H groups in total. The molecule has 0 saturated heterocycles. The van der Waals surface area contributed by atoms with E-state index in [1.807, 2.05) is 12.1 Å². The Kier molecular flexibility index (Phi) is 8.01. The number of benzene rings is 1. The molecule has 1 rings (SSSR count). The van der Waals surface area contributed by atoms with Crippen molar-refractivity contribution in [2.75, 3.05) is 40.4 Å². The highest BCUT2D eigenvalue weighted by Crippen LogP contribution is 2.10. The molecule has 0 bridgehead atoms. The predicted molar refractivity (Wildman–Crippen MR) is 77.1 cm³/mol. The highest BCUT2D eigenvalue weighted by molar-refractivity contribution is 6.30. The normalized spacial score (nSPS) is 11.1. The molecule has 0 atom stereocenters. The molecule has 0 heterocycles. The van der Waals surface area contributed by atoms with E-state index in [2.05, 4.69) is 29.4 Å². The first kappa shape index (κ1) is 15.4. The Morgan fingerprint density at radius 3 is 2.61 bits per heavy atom. The molecule has 0 fully saturated rings. The van der Waals surface area contributed by atoms with E-state index in [0.29, 0.717) is 0 Å². The molecule has 102 valence electrons. The minimum Gasteiger partial charge on any atom is -0.383 e. The van der Waals surface area contributed by atoms with Gasteiger partial charge in [-0.05, 0) is 44.3 Å². The number of methoxy groups -OCH3 is 1. The molecular formula is C14H23ClN2O. The summed E-state index contributed by atoms with van der Waals surface area (Å²) in [6, 6.07) is 8.04. The molecule has 0 aliphatic rings. The summed E-state index contributed by atoms with van der Waals surface area (Å²) >= 11 is 5.86. The fraction of sp³-hybridized carbons (Fsp3) is 0.571. The van der Waals surface area contributed by atoms with E-state index in [1.54, 1.807) is 7.11 Å². The van der Waals surface area contributed by atoms with Crippen molar-refractivity contribution in [1.29, 1.82) is 0 Å². The third kappa shape index (κ3) is 6.97. The number of hydrogen-bond donors (Lipinski definition) is 1. The fourth-order valence-electron chi connectivity index (χ4n) is 1.75. The van der Waals surface area contributed by atoms with E-state index in [1.165, 1.54) is 5.56 Å². The van der Waals surface area contributed by atoms with Gasteiger partial charge in [-0.2, -0.15) is 0 Å². The van der Waals surface area contributed by atoms with Crippen LogP contribution in [0.5, 0.6) is 0 Å². The third-order valence-electron chi connectivity index (χ3n) is 2.74. The standard InChI is InChI=1S/C14H23ClN2O/c1-17(10-3-8-16-9-11-18-2)12-13-4-6-14(15)7-5-13/h4-7,16H,3,8-12H2,1-2H3. The summed E-state index contributed by atoms with van der Waals surface area (Å²) in [5.74, 6) is 0. The number of nitrogens with zero attached hydrogens (tertiary/aromatic N) is 1. The van der Waals surface area contributed by atoms with Crippen molar-refractivity contribution in [1.82, 2.24) is 10.2 Å². The lowest BCUT2D eigenvalue weighted by Gasteiger charge is -2.16. The summed E-state index contributed by atoms with van der Waals surface area (Å²) in [5, 5.41) is 4.14. The molecule has 0 spiro atoms. The lowest BCUT2D eigenvalue weighted by Crippen LogP contribution is -2.25. The van der Waals surface area contributed by atoms with Gasteiger partial charge >= 0.3 is 0 Å². The third-order valence-corrected chi connectivity index (χ3v) is 2.99. The number of rotatable bonds is 9. The Hall–Kier alpha value is -0.610. The van der Waals surface area contributed by atoms with E-state index in [9.17, 15) is 0 Å². The van der Waals surface area contributed by atoms with Crippen LogP contribution in [0.4, 0.5) is 0 Å². The van der Waals surface area contributed by atoms with Gasteiger partial charge in [0.15, 0.2) is 0 Å². The van der Waals surface area contributed by atoms with Crippen LogP contribution in [0.25, 0.3) is 0 Å².